The van der Waals surface area contributed by atoms with Crippen molar-refractivity contribution < 1.29 is 9.59 Å². The first-order chi connectivity index (χ1) is 15.0. The molecule has 2 amide bonds. The van der Waals surface area contributed by atoms with E-state index in [1.807, 2.05) is 35.2 Å². The second-order valence-electron chi connectivity index (χ2n) is 7.88. The summed E-state index contributed by atoms with van der Waals surface area (Å²) < 4.78 is 2.14. The van der Waals surface area contributed by atoms with E-state index in [1.165, 1.54) is 5.69 Å². The van der Waals surface area contributed by atoms with Crippen LogP contribution in [0.1, 0.15) is 21.7 Å². The molecule has 4 rings (SSSR count). The van der Waals surface area contributed by atoms with Gasteiger partial charge in [-0.3, -0.25) is 9.59 Å². The second-order valence-corrected chi connectivity index (χ2v) is 7.88. The standard InChI is InChI=1S/C25H28N4O2/c1-19-8-9-20(2)29(19)23-12-10-21(11-13-23)25(31)26-18-24(30)28-16-14-27(15-17-28)22-6-4-3-5-7-22/h3-13H,14-18H2,1-2H3,(H,26,31). The fourth-order valence-electron chi connectivity index (χ4n) is 4.06. The lowest BCUT2D eigenvalue weighted by atomic mass is 10.2. The average molecular weight is 417 g/mol. The number of aryl methyl sites for hydroxylation is 2. The van der Waals surface area contributed by atoms with Gasteiger partial charge in [-0.25, -0.2) is 0 Å². The predicted molar refractivity (Wildman–Crippen MR) is 123 cm³/mol. The third-order valence-corrected chi connectivity index (χ3v) is 5.81. The number of para-hydroxylation sites is 1. The van der Waals surface area contributed by atoms with E-state index < -0.39 is 0 Å². The van der Waals surface area contributed by atoms with Gasteiger partial charge in [0.15, 0.2) is 0 Å². The molecule has 6 heteroatoms. The highest BCUT2D eigenvalue weighted by atomic mass is 16.2. The zero-order valence-electron chi connectivity index (χ0n) is 18.0. The quantitative estimate of drug-likeness (QED) is 0.695. The van der Waals surface area contributed by atoms with E-state index in [0.717, 1.165) is 30.2 Å². The molecule has 1 fully saturated rings. The molecule has 0 aliphatic carbocycles. The van der Waals surface area contributed by atoms with Crippen LogP contribution >= 0.6 is 0 Å². The summed E-state index contributed by atoms with van der Waals surface area (Å²) in [6.45, 7) is 7.04. The molecule has 31 heavy (non-hydrogen) atoms. The Hall–Kier alpha value is -3.54. The Labute approximate surface area is 183 Å². The van der Waals surface area contributed by atoms with E-state index >= 15 is 0 Å². The summed E-state index contributed by atoms with van der Waals surface area (Å²) in [5, 5.41) is 2.77. The maximum absolute atomic E-state index is 12.6. The lowest BCUT2D eigenvalue weighted by Gasteiger charge is -2.36. The highest BCUT2D eigenvalue weighted by Crippen LogP contribution is 2.17. The van der Waals surface area contributed by atoms with E-state index in [9.17, 15) is 9.59 Å². The Morgan fingerprint density at radius 2 is 1.39 bits per heavy atom. The van der Waals surface area contributed by atoms with Crippen molar-refractivity contribution in [1.29, 1.82) is 0 Å². The van der Waals surface area contributed by atoms with Crippen LogP contribution in [-0.2, 0) is 4.79 Å². The molecule has 2 heterocycles. The molecule has 0 bridgehead atoms. The number of carbonyl (C=O) groups excluding carboxylic acids is 2. The molecule has 1 aliphatic heterocycles. The molecule has 3 aromatic rings. The topological polar surface area (TPSA) is 57.6 Å². The van der Waals surface area contributed by atoms with Gasteiger partial charge >= 0.3 is 0 Å². The van der Waals surface area contributed by atoms with Gasteiger partial charge in [-0.05, 0) is 62.4 Å². The van der Waals surface area contributed by atoms with Crippen molar-refractivity contribution in [3.63, 3.8) is 0 Å². The highest BCUT2D eigenvalue weighted by molar-refractivity contribution is 5.96. The number of rotatable bonds is 5. The average Bonchev–Trinajstić information content (AvgIpc) is 3.16. The van der Waals surface area contributed by atoms with Crippen molar-refractivity contribution in [2.24, 2.45) is 0 Å². The summed E-state index contributed by atoms with van der Waals surface area (Å²) in [5.74, 6) is -0.278. The molecule has 0 unspecified atom stereocenters. The summed E-state index contributed by atoms with van der Waals surface area (Å²) in [4.78, 5) is 29.2. The van der Waals surface area contributed by atoms with E-state index in [4.69, 9.17) is 0 Å². The molecule has 2 aromatic carbocycles. The Bertz CT molecular complexity index is 1030. The van der Waals surface area contributed by atoms with E-state index in [-0.39, 0.29) is 18.4 Å². The molecule has 160 valence electrons. The SMILES string of the molecule is Cc1ccc(C)n1-c1ccc(C(=O)NCC(=O)N2CCN(c3ccccc3)CC2)cc1. The van der Waals surface area contributed by atoms with Gasteiger partial charge in [0.2, 0.25) is 5.91 Å². The highest BCUT2D eigenvalue weighted by Gasteiger charge is 2.21. The molecule has 6 nitrogen and oxygen atoms in total. The first kappa shape index (κ1) is 20.7. The van der Waals surface area contributed by atoms with Crippen molar-refractivity contribution >= 4 is 17.5 Å². The number of aromatic nitrogens is 1. The zero-order chi connectivity index (χ0) is 21.8. The van der Waals surface area contributed by atoms with Crippen LogP contribution in [-0.4, -0.2) is 54.0 Å². The minimum absolute atomic E-state index is 0.0156. The van der Waals surface area contributed by atoms with Crippen LogP contribution in [0.15, 0.2) is 66.7 Å². The zero-order valence-corrected chi connectivity index (χ0v) is 18.0. The van der Waals surface area contributed by atoms with Gasteiger partial charge in [0.05, 0.1) is 6.54 Å². The van der Waals surface area contributed by atoms with Gasteiger partial charge in [0.1, 0.15) is 0 Å². The Morgan fingerprint density at radius 3 is 2.00 bits per heavy atom. The summed E-state index contributed by atoms with van der Waals surface area (Å²) in [6.07, 6.45) is 0. The molecule has 0 radical (unpaired) electrons. The fourth-order valence-corrected chi connectivity index (χ4v) is 4.06. The fraction of sp³-hybridized carbons (Fsp3) is 0.280. The van der Waals surface area contributed by atoms with E-state index in [0.29, 0.717) is 18.7 Å². The molecule has 0 atom stereocenters. The number of carbonyl (C=O) groups is 2. The van der Waals surface area contributed by atoms with Crippen LogP contribution in [0.5, 0.6) is 0 Å². The Morgan fingerprint density at radius 1 is 0.774 bits per heavy atom. The van der Waals surface area contributed by atoms with Crippen LogP contribution in [0.4, 0.5) is 5.69 Å². The second kappa shape index (κ2) is 9.08. The Balaban J connectivity index is 1.28. The van der Waals surface area contributed by atoms with Gasteiger partial charge in [0, 0.05) is 54.5 Å². The van der Waals surface area contributed by atoms with Crippen molar-refractivity contribution in [1.82, 2.24) is 14.8 Å². The number of benzene rings is 2. The molecule has 0 spiro atoms. The minimum Gasteiger partial charge on any atom is -0.368 e. The number of anilines is 1. The van der Waals surface area contributed by atoms with Crippen LogP contribution in [0.25, 0.3) is 5.69 Å². The molecular formula is C25H28N4O2. The molecule has 1 aliphatic rings. The molecule has 1 N–H and O–H groups in total. The van der Waals surface area contributed by atoms with Gasteiger partial charge < -0.3 is 19.7 Å². The molecular weight excluding hydrogens is 388 g/mol. The van der Waals surface area contributed by atoms with E-state index in [2.05, 4.69) is 52.9 Å². The third-order valence-electron chi connectivity index (χ3n) is 5.81. The molecule has 1 aromatic heterocycles. The lowest BCUT2D eigenvalue weighted by Crippen LogP contribution is -2.51. The minimum atomic E-state index is -0.233. The van der Waals surface area contributed by atoms with Gasteiger partial charge in [0.25, 0.3) is 5.91 Å². The van der Waals surface area contributed by atoms with Gasteiger partial charge in [-0.1, -0.05) is 18.2 Å². The first-order valence-electron chi connectivity index (χ1n) is 10.6. The summed E-state index contributed by atoms with van der Waals surface area (Å²) in [6, 6.07) is 21.8. The first-order valence-corrected chi connectivity index (χ1v) is 10.6. The van der Waals surface area contributed by atoms with Crippen molar-refractivity contribution in [2.45, 2.75) is 13.8 Å². The van der Waals surface area contributed by atoms with E-state index in [1.54, 1.807) is 12.1 Å². The van der Waals surface area contributed by atoms with Crippen molar-refractivity contribution in [3.05, 3.63) is 83.7 Å². The monoisotopic (exact) mass is 416 g/mol. The van der Waals surface area contributed by atoms with Crippen LogP contribution < -0.4 is 10.2 Å². The number of hydrogen-bond acceptors (Lipinski definition) is 3. The maximum Gasteiger partial charge on any atom is 0.251 e. The number of hydrogen-bond donors (Lipinski definition) is 1. The van der Waals surface area contributed by atoms with Crippen LogP contribution in [0.3, 0.4) is 0 Å². The third kappa shape index (κ3) is 4.63. The number of nitrogens with zero attached hydrogens (tertiary/aromatic N) is 3. The van der Waals surface area contributed by atoms with Crippen LogP contribution in [0, 0.1) is 13.8 Å². The maximum atomic E-state index is 12.6. The summed E-state index contributed by atoms with van der Waals surface area (Å²) >= 11 is 0. The summed E-state index contributed by atoms with van der Waals surface area (Å²) in [5.41, 5.74) is 5.04. The summed E-state index contributed by atoms with van der Waals surface area (Å²) in [7, 11) is 0. The van der Waals surface area contributed by atoms with Gasteiger partial charge in [-0.2, -0.15) is 0 Å². The number of nitrogens with one attached hydrogen (secondary N) is 1. The smallest absolute Gasteiger partial charge is 0.251 e. The normalized spacial score (nSPS) is 13.9. The molecule has 1 saturated heterocycles. The van der Waals surface area contributed by atoms with Gasteiger partial charge in [-0.15, -0.1) is 0 Å². The molecule has 0 saturated carbocycles. The largest absolute Gasteiger partial charge is 0.368 e. The number of piperazine rings is 1. The predicted octanol–water partition coefficient (Wildman–Crippen LogP) is 3.17. The number of amides is 2. The van der Waals surface area contributed by atoms with Crippen molar-refractivity contribution in [3.8, 4) is 5.69 Å². The van der Waals surface area contributed by atoms with Crippen molar-refractivity contribution in [2.75, 3.05) is 37.6 Å². The van der Waals surface area contributed by atoms with Crippen LogP contribution in [0.2, 0.25) is 0 Å². The Kier molecular flexibility index (Phi) is 6.07. The lowest BCUT2D eigenvalue weighted by molar-refractivity contribution is -0.130.